The number of thiazole rings is 1. The summed E-state index contributed by atoms with van der Waals surface area (Å²) in [6.45, 7) is 1.19. The van der Waals surface area contributed by atoms with Gasteiger partial charge in [0, 0.05) is 40.8 Å². The number of amides is 1. The Labute approximate surface area is 111 Å². The molecule has 0 unspecified atom stereocenters. The van der Waals surface area contributed by atoms with Crippen molar-refractivity contribution in [2.75, 3.05) is 24.6 Å². The quantitative estimate of drug-likeness (QED) is 0.782. The normalized spacial score (nSPS) is 17.4. The monoisotopic (exact) mass is 292 g/mol. The minimum absolute atomic E-state index is 0.0668. The molecule has 1 aliphatic heterocycles. The number of halogens is 1. The Morgan fingerprint density at radius 3 is 2.82 bits per heavy atom. The standard InChI is InChI=1S/C10H13ClN2O2S2/c11-6-8-7-16-9(12-8)5-10(14)13-1-3-17(15)4-2-13/h7H,1-6H2. The largest absolute Gasteiger partial charge is 0.340 e. The second kappa shape index (κ2) is 5.93. The second-order valence-corrected chi connectivity index (χ2v) is 6.68. The van der Waals surface area contributed by atoms with E-state index in [1.807, 2.05) is 5.38 Å². The Bertz CT molecular complexity index is 426. The maximum absolute atomic E-state index is 11.9. The number of nitrogens with zero attached hydrogens (tertiary/aromatic N) is 2. The first-order chi connectivity index (χ1) is 8.19. The molecular weight excluding hydrogens is 280 g/mol. The summed E-state index contributed by atoms with van der Waals surface area (Å²) >= 11 is 7.12. The molecule has 94 valence electrons. The van der Waals surface area contributed by atoms with Gasteiger partial charge in [-0.15, -0.1) is 22.9 Å². The van der Waals surface area contributed by atoms with Gasteiger partial charge in [0.25, 0.3) is 0 Å². The van der Waals surface area contributed by atoms with Crippen LogP contribution in [0.2, 0.25) is 0 Å². The highest BCUT2D eigenvalue weighted by Crippen LogP contribution is 2.13. The van der Waals surface area contributed by atoms with Crippen LogP contribution in [-0.4, -0.2) is 44.6 Å². The van der Waals surface area contributed by atoms with Crippen molar-refractivity contribution < 1.29 is 9.00 Å². The van der Waals surface area contributed by atoms with Crippen molar-refractivity contribution in [3.05, 3.63) is 16.1 Å². The van der Waals surface area contributed by atoms with Crippen LogP contribution in [0.5, 0.6) is 0 Å². The van der Waals surface area contributed by atoms with Crippen LogP contribution >= 0.6 is 22.9 Å². The van der Waals surface area contributed by atoms with Crippen LogP contribution in [0.3, 0.4) is 0 Å². The van der Waals surface area contributed by atoms with E-state index in [9.17, 15) is 9.00 Å². The summed E-state index contributed by atoms with van der Waals surface area (Å²) in [6.07, 6.45) is 0.328. The molecule has 2 heterocycles. The lowest BCUT2D eigenvalue weighted by Crippen LogP contribution is -2.42. The van der Waals surface area contributed by atoms with Gasteiger partial charge < -0.3 is 4.90 Å². The average Bonchev–Trinajstić information content (AvgIpc) is 2.77. The van der Waals surface area contributed by atoms with Crippen molar-refractivity contribution in [2.45, 2.75) is 12.3 Å². The number of carbonyl (C=O) groups is 1. The molecule has 0 bridgehead atoms. The molecule has 17 heavy (non-hydrogen) atoms. The van der Waals surface area contributed by atoms with Gasteiger partial charge in [-0.1, -0.05) is 0 Å². The molecule has 0 N–H and O–H groups in total. The molecule has 0 atom stereocenters. The van der Waals surface area contributed by atoms with E-state index < -0.39 is 10.8 Å². The molecule has 1 aromatic heterocycles. The molecule has 0 spiro atoms. The predicted octanol–water partition coefficient (Wildman–Crippen LogP) is 1.02. The van der Waals surface area contributed by atoms with Gasteiger partial charge in [0.05, 0.1) is 18.0 Å². The lowest BCUT2D eigenvalue weighted by molar-refractivity contribution is -0.130. The first kappa shape index (κ1) is 13.0. The van der Waals surface area contributed by atoms with E-state index in [-0.39, 0.29) is 5.91 Å². The van der Waals surface area contributed by atoms with E-state index in [1.54, 1.807) is 4.90 Å². The van der Waals surface area contributed by atoms with E-state index in [2.05, 4.69) is 4.98 Å². The summed E-state index contributed by atoms with van der Waals surface area (Å²) in [5.74, 6) is 1.64. The minimum atomic E-state index is -0.746. The van der Waals surface area contributed by atoms with Gasteiger partial charge in [0.1, 0.15) is 5.01 Å². The highest BCUT2D eigenvalue weighted by Gasteiger charge is 2.20. The molecule has 4 nitrogen and oxygen atoms in total. The summed E-state index contributed by atoms with van der Waals surface area (Å²) < 4.78 is 11.2. The third-order valence-corrected chi connectivity index (χ3v) is 5.02. The van der Waals surface area contributed by atoms with Gasteiger partial charge in [0.15, 0.2) is 0 Å². The van der Waals surface area contributed by atoms with Crippen molar-refractivity contribution >= 4 is 39.6 Å². The Hall–Kier alpha value is -0.460. The highest BCUT2D eigenvalue weighted by atomic mass is 35.5. The minimum Gasteiger partial charge on any atom is -0.340 e. The van der Waals surface area contributed by atoms with Crippen LogP contribution in [0.1, 0.15) is 10.7 Å². The van der Waals surface area contributed by atoms with E-state index >= 15 is 0 Å². The first-order valence-electron chi connectivity index (χ1n) is 5.31. The Morgan fingerprint density at radius 2 is 2.24 bits per heavy atom. The fraction of sp³-hybridized carbons (Fsp3) is 0.600. The van der Waals surface area contributed by atoms with Crippen molar-refractivity contribution in [3.8, 4) is 0 Å². The molecule has 7 heteroatoms. The van der Waals surface area contributed by atoms with Crippen LogP contribution < -0.4 is 0 Å². The molecule has 1 amide bonds. The van der Waals surface area contributed by atoms with E-state index in [1.165, 1.54) is 11.3 Å². The zero-order valence-corrected chi connectivity index (χ0v) is 11.6. The Kier molecular flexibility index (Phi) is 4.53. The van der Waals surface area contributed by atoms with Gasteiger partial charge in [-0.3, -0.25) is 9.00 Å². The molecular formula is C10H13ClN2O2S2. The van der Waals surface area contributed by atoms with Crippen molar-refractivity contribution in [3.63, 3.8) is 0 Å². The summed E-state index contributed by atoms with van der Waals surface area (Å²) in [5.41, 5.74) is 0.819. The molecule has 0 aliphatic carbocycles. The lowest BCUT2D eigenvalue weighted by atomic mass is 10.3. The zero-order valence-electron chi connectivity index (χ0n) is 9.23. The summed E-state index contributed by atoms with van der Waals surface area (Å²) in [5, 5.41) is 2.68. The van der Waals surface area contributed by atoms with Crippen molar-refractivity contribution in [1.29, 1.82) is 0 Å². The number of hydrogen-bond acceptors (Lipinski definition) is 4. The smallest absolute Gasteiger partial charge is 0.229 e. The zero-order chi connectivity index (χ0) is 12.3. The van der Waals surface area contributed by atoms with Crippen LogP contribution in [-0.2, 0) is 27.9 Å². The van der Waals surface area contributed by atoms with Crippen LogP contribution in [0, 0.1) is 0 Å². The second-order valence-electron chi connectivity index (χ2n) is 3.77. The van der Waals surface area contributed by atoms with Gasteiger partial charge in [-0.05, 0) is 0 Å². The molecule has 1 fully saturated rings. The predicted molar refractivity (Wildman–Crippen MR) is 69.8 cm³/mol. The summed E-state index contributed by atoms with van der Waals surface area (Å²) in [6, 6.07) is 0. The van der Waals surface area contributed by atoms with Crippen LogP contribution in [0.15, 0.2) is 5.38 Å². The third-order valence-electron chi connectivity index (χ3n) is 2.57. The fourth-order valence-electron chi connectivity index (χ4n) is 1.62. The molecule has 0 aromatic carbocycles. The van der Waals surface area contributed by atoms with Crippen molar-refractivity contribution in [2.24, 2.45) is 0 Å². The Morgan fingerprint density at radius 1 is 1.53 bits per heavy atom. The first-order valence-corrected chi connectivity index (χ1v) is 8.21. The summed E-state index contributed by atoms with van der Waals surface area (Å²) in [7, 11) is -0.746. The molecule has 2 rings (SSSR count). The number of hydrogen-bond donors (Lipinski definition) is 0. The lowest BCUT2D eigenvalue weighted by Gasteiger charge is -2.25. The maximum atomic E-state index is 11.9. The van der Waals surface area contributed by atoms with Gasteiger partial charge in [-0.2, -0.15) is 0 Å². The van der Waals surface area contributed by atoms with Crippen LogP contribution in [0.25, 0.3) is 0 Å². The SMILES string of the molecule is O=C(Cc1nc(CCl)cs1)N1CCS(=O)CC1. The van der Waals surface area contributed by atoms with E-state index in [4.69, 9.17) is 11.6 Å². The third kappa shape index (κ3) is 3.50. The maximum Gasteiger partial charge on any atom is 0.229 e. The van der Waals surface area contributed by atoms with Crippen LogP contribution in [0.4, 0.5) is 0 Å². The average molecular weight is 293 g/mol. The number of rotatable bonds is 3. The highest BCUT2D eigenvalue weighted by molar-refractivity contribution is 7.85. The van der Waals surface area contributed by atoms with E-state index in [0.717, 1.165) is 10.7 Å². The topological polar surface area (TPSA) is 50.3 Å². The molecule has 1 saturated heterocycles. The van der Waals surface area contributed by atoms with Gasteiger partial charge >= 0.3 is 0 Å². The number of carbonyl (C=O) groups excluding carboxylic acids is 1. The summed E-state index contributed by atoms with van der Waals surface area (Å²) in [4.78, 5) is 18.0. The Balaban J connectivity index is 1.90. The number of alkyl halides is 1. The molecule has 0 saturated carbocycles. The molecule has 0 radical (unpaired) electrons. The fourth-order valence-corrected chi connectivity index (χ4v) is 3.69. The number of aromatic nitrogens is 1. The van der Waals surface area contributed by atoms with Gasteiger partial charge in [-0.25, -0.2) is 4.98 Å². The van der Waals surface area contributed by atoms with E-state index in [0.29, 0.717) is 36.9 Å². The van der Waals surface area contributed by atoms with Crippen molar-refractivity contribution in [1.82, 2.24) is 9.88 Å². The van der Waals surface area contributed by atoms with Gasteiger partial charge in [0.2, 0.25) is 5.91 Å². The molecule has 1 aliphatic rings. The molecule has 1 aromatic rings.